The van der Waals surface area contributed by atoms with Crippen molar-refractivity contribution in [1.82, 2.24) is 19.9 Å². The number of carbonyl (C=O) groups is 1. The van der Waals surface area contributed by atoms with Gasteiger partial charge in [-0.3, -0.25) is 9.59 Å². The normalized spacial score (nSPS) is 16.5. The van der Waals surface area contributed by atoms with Gasteiger partial charge in [0.1, 0.15) is 17.8 Å². The molecule has 0 radical (unpaired) electrons. The summed E-state index contributed by atoms with van der Waals surface area (Å²) in [4.78, 5) is 37.6. The van der Waals surface area contributed by atoms with Crippen molar-refractivity contribution in [3.8, 4) is 0 Å². The SMILES string of the molecule is O=C(O)C1CCc2[nH]c3ncnc(Nc4ccc5[nH]c(=O)sc5c4)c3c2C1. The number of fused-ring (bicyclic) bond motifs is 4. The number of carboxylic acids is 1. The third-order valence-electron chi connectivity index (χ3n) is 5.01. The molecular formula is C18H15N5O3S. The minimum Gasteiger partial charge on any atom is -0.481 e. The van der Waals surface area contributed by atoms with Crippen molar-refractivity contribution < 1.29 is 9.90 Å². The van der Waals surface area contributed by atoms with Gasteiger partial charge in [0.15, 0.2) is 0 Å². The second-order valence-electron chi connectivity index (χ2n) is 6.66. The summed E-state index contributed by atoms with van der Waals surface area (Å²) in [6.07, 6.45) is 3.25. The van der Waals surface area contributed by atoms with Gasteiger partial charge in [-0.15, -0.1) is 0 Å². The number of hydrogen-bond acceptors (Lipinski definition) is 6. The van der Waals surface area contributed by atoms with Gasteiger partial charge in [0.25, 0.3) is 0 Å². The van der Waals surface area contributed by atoms with Crippen LogP contribution in [-0.4, -0.2) is 31.0 Å². The number of anilines is 2. The lowest BCUT2D eigenvalue weighted by Gasteiger charge is -2.19. The number of aromatic amines is 2. The van der Waals surface area contributed by atoms with E-state index in [2.05, 4.69) is 25.3 Å². The number of aliphatic carboxylic acids is 1. The molecule has 136 valence electrons. The number of rotatable bonds is 3. The molecule has 0 spiro atoms. The molecule has 3 aromatic heterocycles. The Labute approximate surface area is 156 Å². The van der Waals surface area contributed by atoms with Crippen molar-refractivity contribution in [2.75, 3.05) is 5.32 Å². The van der Waals surface area contributed by atoms with E-state index in [9.17, 15) is 14.7 Å². The zero-order chi connectivity index (χ0) is 18.5. The minimum atomic E-state index is -0.769. The van der Waals surface area contributed by atoms with Crippen molar-refractivity contribution >= 4 is 50.1 Å². The fourth-order valence-electron chi connectivity index (χ4n) is 3.71. The number of thiazole rings is 1. The first-order chi connectivity index (χ1) is 13.1. The molecular weight excluding hydrogens is 366 g/mol. The summed E-state index contributed by atoms with van der Waals surface area (Å²) in [6.45, 7) is 0. The van der Waals surface area contributed by atoms with Crippen LogP contribution in [0.2, 0.25) is 0 Å². The van der Waals surface area contributed by atoms with Crippen molar-refractivity contribution in [2.24, 2.45) is 5.92 Å². The molecule has 1 unspecified atom stereocenters. The average Bonchev–Trinajstić information content (AvgIpc) is 3.20. The monoisotopic (exact) mass is 381 g/mol. The number of nitrogens with zero attached hydrogens (tertiary/aromatic N) is 2. The number of H-pyrrole nitrogens is 2. The molecule has 0 fully saturated rings. The van der Waals surface area contributed by atoms with Crippen LogP contribution in [0.4, 0.5) is 11.5 Å². The van der Waals surface area contributed by atoms with E-state index < -0.39 is 11.9 Å². The molecule has 1 aromatic carbocycles. The van der Waals surface area contributed by atoms with Gasteiger partial charge in [0.05, 0.1) is 21.5 Å². The number of benzene rings is 1. The quantitative estimate of drug-likeness (QED) is 0.433. The van der Waals surface area contributed by atoms with Crippen LogP contribution in [0.3, 0.4) is 0 Å². The first-order valence-corrected chi connectivity index (χ1v) is 9.37. The van der Waals surface area contributed by atoms with Crippen molar-refractivity contribution in [2.45, 2.75) is 19.3 Å². The van der Waals surface area contributed by atoms with Crippen molar-refractivity contribution in [1.29, 1.82) is 0 Å². The van der Waals surface area contributed by atoms with E-state index >= 15 is 0 Å². The van der Waals surface area contributed by atoms with E-state index in [0.717, 1.165) is 43.9 Å². The lowest BCUT2D eigenvalue weighted by atomic mass is 9.86. The maximum atomic E-state index is 11.5. The average molecular weight is 381 g/mol. The molecule has 9 heteroatoms. The highest BCUT2D eigenvalue weighted by Crippen LogP contribution is 2.35. The smallest absolute Gasteiger partial charge is 0.306 e. The first-order valence-electron chi connectivity index (χ1n) is 8.55. The van der Waals surface area contributed by atoms with Crippen LogP contribution >= 0.6 is 11.3 Å². The molecule has 0 amide bonds. The third kappa shape index (κ3) is 2.67. The molecule has 5 rings (SSSR count). The zero-order valence-corrected chi connectivity index (χ0v) is 14.9. The molecule has 1 atom stereocenters. The Kier molecular flexibility index (Phi) is 3.51. The molecule has 1 aliphatic carbocycles. The number of carboxylic acid groups (broad SMARTS) is 1. The number of hydrogen-bond donors (Lipinski definition) is 4. The van der Waals surface area contributed by atoms with E-state index in [1.165, 1.54) is 6.33 Å². The Hall–Kier alpha value is -3.20. The summed E-state index contributed by atoms with van der Waals surface area (Å²) >= 11 is 1.15. The number of aryl methyl sites for hydroxylation is 1. The van der Waals surface area contributed by atoms with Gasteiger partial charge in [-0.2, -0.15) is 0 Å². The number of aromatic nitrogens is 4. The van der Waals surface area contributed by atoms with Gasteiger partial charge >= 0.3 is 10.8 Å². The lowest BCUT2D eigenvalue weighted by molar-refractivity contribution is -0.142. The number of nitrogens with one attached hydrogen (secondary N) is 3. The van der Waals surface area contributed by atoms with Crippen LogP contribution < -0.4 is 10.2 Å². The van der Waals surface area contributed by atoms with Crippen LogP contribution in [0.15, 0.2) is 29.3 Å². The summed E-state index contributed by atoms with van der Waals surface area (Å²) in [6, 6.07) is 5.62. The maximum absolute atomic E-state index is 11.5. The predicted octanol–water partition coefficient (Wildman–Crippen LogP) is 2.79. The summed E-state index contributed by atoms with van der Waals surface area (Å²) in [7, 11) is 0. The lowest BCUT2D eigenvalue weighted by Crippen LogP contribution is -2.21. The van der Waals surface area contributed by atoms with E-state index in [1.54, 1.807) is 0 Å². The minimum absolute atomic E-state index is 0.0917. The summed E-state index contributed by atoms with van der Waals surface area (Å²) in [5, 5.41) is 13.5. The third-order valence-corrected chi connectivity index (χ3v) is 5.85. The Morgan fingerprint density at radius 1 is 1.30 bits per heavy atom. The van der Waals surface area contributed by atoms with Gasteiger partial charge < -0.3 is 20.4 Å². The van der Waals surface area contributed by atoms with Crippen LogP contribution in [0, 0.1) is 5.92 Å². The van der Waals surface area contributed by atoms with Crippen LogP contribution in [-0.2, 0) is 17.6 Å². The van der Waals surface area contributed by atoms with Crippen LogP contribution in [0.25, 0.3) is 21.3 Å². The molecule has 8 nitrogen and oxygen atoms in total. The van der Waals surface area contributed by atoms with Gasteiger partial charge in [0.2, 0.25) is 0 Å². The van der Waals surface area contributed by atoms with Gasteiger partial charge in [-0.1, -0.05) is 11.3 Å². The van der Waals surface area contributed by atoms with Crippen LogP contribution in [0.1, 0.15) is 17.7 Å². The largest absolute Gasteiger partial charge is 0.481 e. The zero-order valence-electron chi connectivity index (χ0n) is 14.1. The summed E-state index contributed by atoms with van der Waals surface area (Å²) in [5.74, 6) is -0.530. The molecule has 4 N–H and O–H groups in total. The Bertz CT molecular complexity index is 1260. The molecule has 0 saturated heterocycles. The summed E-state index contributed by atoms with van der Waals surface area (Å²) in [5.41, 5.74) is 4.31. The van der Waals surface area contributed by atoms with Gasteiger partial charge in [-0.25, -0.2) is 9.97 Å². The topological polar surface area (TPSA) is 124 Å². The Morgan fingerprint density at radius 3 is 3.04 bits per heavy atom. The molecule has 27 heavy (non-hydrogen) atoms. The van der Waals surface area contributed by atoms with E-state index in [1.807, 2.05) is 18.2 Å². The fraction of sp³-hybridized carbons (Fsp3) is 0.222. The highest BCUT2D eigenvalue weighted by molar-refractivity contribution is 7.16. The van der Waals surface area contributed by atoms with E-state index in [0.29, 0.717) is 30.7 Å². The second kappa shape index (κ2) is 5.92. The molecule has 0 saturated carbocycles. The Morgan fingerprint density at radius 2 is 2.19 bits per heavy atom. The molecule has 0 aliphatic heterocycles. The molecule has 0 bridgehead atoms. The van der Waals surface area contributed by atoms with E-state index in [4.69, 9.17) is 0 Å². The maximum Gasteiger partial charge on any atom is 0.306 e. The standard InChI is InChI=1S/C18H15N5O3S/c24-17(25)8-1-3-11-10(5-8)14-15(19-7-20-16(14)22-11)21-9-2-4-12-13(6-9)27-18(26)23-12/h2,4,6-8H,1,3,5H2,(H,23,26)(H,24,25)(H2,19,20,21,22). The van der Waals surface area contributed by atoms with Crippen molar-refractivity contribution in [3.63, 3.8) is 0 Å². The molecule has 4 aromatic rings. The highest BCUT2D eigenvalue weighted by Gasteiger charge is 2.28. The Balaban J connectivity index is 1.59. The van der Waals surface area contributed by atoms with Gasteiger partial charge in [-0.05, 0) is 43.0 Å². The highest BCUT2D eigenvalue weighted by atomic mass is 32.1. The molecule has 1 aliphatic rings. The fourth-order valence-corrected chi connectivity index (χ4v) is 4.48. The van der Waals surface area contributed by atoms with E-state index in [-0.39, 0.29) is 4.87 Å². The predicted molar refractivity (Wildman–Crippen MR) is 103 cm³/mol. The first kappa shape index (κ1) is 16.0. The second-order valence-corrected chi connectivity index (χ2v) is 7.67. The van der Waals surface area contributed by atoms with Crippen molar-refractivity contribution in [3.05, 3.63) is 45.5 Å². The van der Waals surface area contributed by atoms with Crippen LogP contribution in [0.5, 0.6) is 0 Å². The van der Waals surface area contributed by atoms with Gasteiger partial charge in [0, 0.05) is 11.4 Å². The molecule has 3 heterocycles. The summed E-state index contributed by atoms with van der Waals surface area (Å²) < 4.78 is 0.859.